The van der Waals surface area contributed by atoms with E-state index in [4.69, 9.17) is 12.2 Å². The number of carbonyl (C=O) groups is 1. The predicted molar refractivity (Wildman–Crippen MR) is 51.8 cm³/mol. The van der Waals surface area contributed by atoms with Crippen molar-refractivity contribution in [3.8, 4) is 12.3 Å². The van der Waals surface area contributed by atoms with Gasteiger partial charge in [0, 0.05) is 19.0 Å². The molecular formula is C10H16N2O. The van der Waals surface area contributed by atoms with Crippen molar-refractivity contribution < 1.29 is 4.79 Å². The van der Waals surface area contributed by atoms with E-state index in [-0.39, 0.29) is 18.0 Å². The summed E-state index contributed by atoms with van der Waals surface area (Å²) in [4.78, 5) is 13.4. The Morgan fingerprint density at radius 1 is 1.85 bits per heavy atom. The number of amides is 1. The fraction of sp³-hybridized carbons (Fsp3) is 0.700. The van der Waals surface area contributed by atoms with Crippen LogP contribution >= 0.6 is 0 Å². The lowest BCUT2D eigenvalue weighted by Crippen LogP contribution is -2.51. The van der Waals surface area contributed by atoms with E-state index in [0.717, 1.165) is 19.4 Å². The third-order valence-electron chi connectivity index (χ3n) is 2.46. The number of nitrogens with two attached hydrogens (primary N) is 1. The van der Waals surface area contributed by atoms with Gasteiger partial charge < -0.3 is 10.6 Å². The van der Waals surface area contributed by atoms with Crippen LogP contribution in [0, 0.1) is 12.3 Å². The molecule has 1 aliphatic rings. The Labute approximate surface area is 79.3 Å². The fourth-order valence-electron chi connectivity index (χ4n) is 1.65. The standard InChI is InChI=1S/C10H16N2O/c1-3-5-8(2)12-7-4-6-9(11)10(12)13/h1,8-9H,4-7,11H2,2H3. The van der Waals surface area contributed by atoms with Gasteiger partial charge in [-0.25, -0.2) is 0 Å². The van der Waals surface area contributed by atoms with Crippen molar-refractivity contribution in [1.29, 1.82) is 0 Å². The van der Waals surface area contributed by atoms with Gasteiger partial charge in [-0.2, -0.15) is 0 Å². The van der Waals surface area contributed by atoms with Crippen LogP contribution in [0.2, 0.25) is 0 Å². The Hall–Kier alpha value is -1.01. The van der Waals surface area contributed by atoms with Crippen molar-refractivity contribution in [3.05, 3.63) is 0 Å². The molecule has 72 valence electrons. The van der Waals surface area contributed by atoms with E-state index in [1.165, 1.54) is 0 Å². The lowest BCUT2D eigenvalue weighted by molar-refractivity contribution is -0.136. The van der Waals surface area contributed by atoms with Gasteiger partial charge in [0.05, 0.1) is 6.04 Å². The van der Waals surface area contributed by atoms with Crippen LogP contribution in [-0.4, -0.2) is 29.4 Å². The fourth-order valence-corrected chi connectivity index (χ4v) is 1.65. The van der Waals surface area contributed by atoms with Gasteiger partial charge in [-0.05, 0) is 19.8 Å². The number of nitrogens with zero attached hydrogens (tertiary/aromatic N) is 1. The van der Waals surface area contributed by atoms with Crippen LogP contribution in [0.5, 0.6) is 0 Å². The maximum absolute atomic E-state index is 11.6. The van der Waals surface area contributed by atoms with Gasteiger partial charge in [-0.15, -0.1) is 12.3 Å². The van der Waals surface area contributed by atoms with Gasteiger partial charge in [-0.1, -0.05) is 0 Å². The molecule has 0 bridgehead atoms. The van der Waals surface area contributed by atoms with Crippen LogP contribution < -0.4 is 5.73 Å². The van der Waals surface area contributed by atoms with E-state index in [1.807, 2.05) is 6.92 Å². The molecule has 0 aromatic rings. The van der Waals surface area contributed by atoms with Gasteiger partial charge in [0.1, 0.15) is 0 Å². The van der Waals surface area contributed by atoms with Crippen molar-refractivity contribution in [1.82, 2.24) is 4.90 Å². The third kappa shape index (κ3) is 2.22. The smallest absolute Gasteiger partial charge is 0.239 e. The minimum atomic E-state index is -0.311. The van der Waals surface area contributed by atoms with Crippen molar-refractivity contribution >= 4 is 5.91 Å². The molecule has 3 heteroatoms. The van der Waals surface area contributed by atoms with Crippen LogP contribution in [0.25, 0.3) is 0 Å². The summed E-state index contributed by atoms with van der Waals surface area (Å²) >= 11 is 0. The zero-order valence-corrected chi connectivity index (χ0v) is 7.99. The monoisotopic (exact) mass is 180 g/mol. The molecule has 2 N–H and O–H groups in total. The van der Waals surface area contributed by atoms with E-state index in [0.29, 0.717) is 6.42 Å². The number of likely N-dealkylation sites (tertiary alicyclic amines) is 1. The molecular weight excluding hydrogens is 164 g/mol. The summed E-state index contributed by atoms with van der Waals surface area (Å²) < 4.78 is 0. The van der Waals surface area contributed by atoms with Crippen molar-refractivity contribution in [3.63, 3.8) is 0 Å². The number of hydrogen-bond acceptors (Lipinski definition) is 2. The van der Waals surface area contributed by atoms with Crippen molar-refractivity contribution in [2.75, 3.05) is 6.54 Å². The molecule has 0 aromatic heterocycles. The molecule has 1 amide bonds. The van der Waals surface area contributed by atoms with Gasteiger partial charge >= 0.3 is 0 Å². The molecule has 1 saturated heterocycles. The zero-order chi connectivity index (χ0) is 9.84. The lowest BCUT2D eigenvalue weighted by atomic mass is 10.0. The Morgan fingerprint density at radius 2 is 2.54 bits per heavy atom. The van der Waals surface area contributed by atoms with E-state index >= 15 is 0 Å². The van der Waals surface area contributed by atoms with Gasteiger partial charge in [0.2, 0.25) is 5.91 Å². The van der Waals surface area contributed by atoms with Crippen LogP contribution in [0.4, 0.5) is 0 Å². The zero-order valence-electron chi connectivity index (χ0n) is 7.99. The molecule has 0 aromatic carbocycles. The summed E-state index contributed by atoms with van der Waals surface area (Å²) in [5.41, 5.74) is 5.66. The molecule has 0 radical (unpaired) electrons. The first kappa shape index (κ1) is 10.1. The molecule has 13 heavy (non-hydrogen) atoms. The maximum atomic E-state index is 11.6. The average Bonchev–Trinajstić information content (AvgIpc) is 2.10. The Bertz CT molecular complexity index is 232. The highest BCUT2D eigenvalue weighted by atomic mass is 16.2. The predicted octanol–water partition coefficient (Wildman–Crippen LogP) is 0.348. The second kappa shape index (κ2) is 4.29. The van der Waals surface area contributed by atoms with Gasteiger partial charge in [0.15, 0.2) is 0 Å². The first-order valence-corrected chi connectivity index (χ1v) is 4.66. The van der Waals surface area contributed by atoms with Crippen LogP contribution in [-0.2, 0) is 4.79 Å². The molecule has 1 aliphatic heterocycles. The topological polar surface area (TPSA) is 46.3 Å². The number of terminal acetylenes is 1. The molecule has 1 fully saturated rings. The number of hydrogen-bond donors (Lipinski definition) is 1. The van der Waals surface area contributed by atoms with Crippen LogP contribution in [0.1, 0.15) is 26.2 Å². The molecule has 2 atom stereocenters. The number of carbonyl (C=O) groups excluding carboxylic acids is 1. The highest BCUT2D eigenvalue weighted by Gasteiger charge is 2.28. The largest absolute Gasteiger partial charge is 0.338 e. The summed E-state index contributed by atoms with van der Waals surface area (Å²) in [5.74, 6) is 2.62. The summed E-state index contributed by atoms with van der Waals surface area (Å²) in [7, 11) is 0. The highest BCUT2D eigenvalue weighted by molar-refractivity contribution is 5.82. The average molecular weight is 180 g/mol. The van der Waals surface area contributed by atoms with Gasteiger partial charge in [-0.3, -0.25) is 4.79 Å². The molecule has 3 nitrogen and oxygen atoms in total. The van der Waals surface area contributed by atoms with Gasteiger partial charge in [0.25, 0.3) is 0 Å². The van der Waals surface area contributed by atoms with Crippen LogP contribution in [0.15, 0.2) is 0 Å². The number of rotatable bonds is 2. The normalized spacial score (nSPS) is 25.5. The van der Waals surface area contributed by atoms with Crippen LogP contribution in [0.3, 0.4) is 0 Å². The van der Waals surface area contributed by atoms with E-state index in [2.05, 4.69) is 5.92 Å². The quantitative estimate of drug-likeness (QED) is 0.623. The summed E-state index contributed by atoms with van der Waals surface area (Å²) in [6.07, 6.45) is 7.60. The number of piperidine rings is 1. The highest BCUT2D eigenvalue weighted by Crippen LogP contribution is 2.14. The Morgan fingerprint density at radius 3 is 3.15 bits per heavy atom. The van der Waals surface area contributed by atoms with E-state index in [1.54, 1.807) is 4.90 Å². The minimum absolute atomic E-state index is 0.0500. The molecule has 1 rings (SSSR count). The summed E-state index contributed by atoms with van der Waals surface area (Å²) in [6, 6.07) is -0.183. The minimum Gasteiger partial charge on any atom is -0.338 e. The molecule has 0 spiro atoms. The van der Waals surface area contributed by atoms with Crippen molar-refractivity contribution in [2.24, 2.45) is 5.73 Å². The van der Waals surface area contributed by atoms with Crippen molar-refractivity contribution in [2.45, 2.75) is 38.3 Å². The van der Waals surface area contributed by atoms with E-state index < -0.39 is 0 Å². The molecule has 0 aliphatic carbocycles. The maximum Gasteiger partial charge on any atom is 0.239 e. The molecule has 0 saturated carbocycles. The second-order valence-corrected chi connectivity index (χ2v) is 3.54. The summed E-state index contributed by atoms with van der Waals surface area (Å²) in [5, 5.41) is 0. The Kier molecular flexibility index (Phi) is 3.32. The second-order valence-electron chi connectivity index (χ2n) is 3.54. The summed E-state index contributed by atoms with van der Waals surface area (Å²) in [6.45, 7) is 2.77. The lowest BCUT2D eigenvalue weighted by Gasteiger charge is -2.34. The first-order valence-electron chi connectivity index (χ1n) is 4.66. The SMILES string of the molecule is C#CCC(C)N1CCCC(N)C1=O. The Balaban J connectivity index is 2.58. The third-order valence-corrected chi connectivity index (χ3v) is 2.46. The van der Waals surface area contributed by atoms with E-state index in [9.17, 15) is 4.79 Å². The molecule has 1 heterocycles. The first-order chi connectivity index (χ1) is 6.16. The molecule has 2 unspecified atom stereocenters.